The van der Waals surface area contributed by atoms with Crippen LogP contribution in [0.15, 0.2) is 61.3 Å². The van der Waals surface area contributed by atoms with Crippen molar-refractivity contribution in [3.8, 4) is 16.9 Å². The van der Waals surface area contributed by atoms with Gasteiger partial charge in [0.15, 0.2) is 5.82 Å². The van der Waals surface area contributed by atoms with Gasteiger partial charge in [-0.2, -0.15) is 0 Å². The van der Waals surface area contributed by atoms with Gasteiger partial charge >= 0.3 is 0 Å². The second kappa shape index (κ2) is 12.2. The Hall–Kier alpha value is -4.47. The molecule has 4 aromatic rings. The predicted octanol–water partition coefficient (Wildman–Crippen LogP) is 5.67. The van der Waals surface area contributed by atoms with Crippen molar-refractivity contribution >= 4 is 34.8 Å². The number of amides is 2. The number of carbonyl (C=O) groups excluding carboxylic acids is 2. The molecule has 0 atom stereocenters. The van der Waals surface area contributed by atoms with Gasteiger partial charge < -0.3 is 24.8 Å². The van der Waals surface area contributed by atoms with Gasteiger partial charge in [-0.1, -0.05) is 41.9 Å². The summed E-state index contributed by atoms with van der Waals surface area (Å²) in [6.45, 7) is 7.29. The zero-order chi connectivity index (χ0) is 30.0. The maximum absolute atomic E-state index is 13.3. The van der Waals surface area contributed by atoms with Crippen molar-refractivity contribution in [2.24, 2.45) is 7.05 Å². The average molecular weight is 585 g/mol. The van der Waals surface area contributed by atoms with Crippen LogP contribution in [-0.4, -0.2) is 52.0 Å². The third kappa shape index (κ3) is 5.66. The molecule has 5 rings (SSSR count). The molecule has 0 bridgehead atoms. The van der Waals surface area contributed by atoms with Crippen molar-refractivity contribution < 1.29 is 14.3 Å². The van der Waals surface area contributed by atoms with E-state index in [4.69, 9.17) is 16.3 Å². The van der Waals surface area contributed by atoms with E-state index in [-0.39, 0.29) is 17.5 Å². The van der Waals surface area contributed by atoms with Gasteiger partial charge in [0.2, 0.25) is 0 Å². The van der Waals surface area contributed by atoms with Gasteiger partial charge in [0.1, 0.15) is 11.4 Å². The summed E-state index contributed by atoms with van der Waals surface area (Å²) in [5.41, 5.74) is 6.51. The monoisotopic (exact) mass is 584 g/mol. The quantitative estimate of drug-likeness (QED) is 0.259. The molecule has 42 heavy (non-hydrogen) atoms. The van der Waals surface area contributed by atoms with Gasteiger partial charge in [0.05, 0.1) is 23.5 Å². The number of pyridine rings is 1. The number of hydrogen-bond donors (Lipinski definition) is 2. The third-order valence-corrected chi connectivity index (χ3v) is 7.94. The lowest BCUT2D eigenvalue weighted by Crippen LogP contribution is -2.27. The molecule has 0 fully saturated rings. The van der Waals surface area contributed by atoms with Crippen LogP contribution in [-0.2, 0) is 26.4 Å². The first-order valence-electron chi connectivity index (χ1n) is 13.6. The molecule has 0 unspecified atom stereocenters. The number of nitrogens with one attached hydrogen (secondary N) is 2. The van der Waals surface area contributed by atoms with Crippen molar-refractivity contribution in [1.29, 1.82) is 0 Å². The number of allylic oxidation sites excluding steroid dienone is 1. The molecule has 0 radical (unpaired) electrons. The Kier molecular flexibility index (Phi) is 8.42. The van der Waals surface area contributed by atoms with Gasteiger partial charge in [-0.3, -0.25) is 14.6 Å². The SMILES string of the molecule is C=CCc1cnc(C(=O)Nc2cccc(-c3cccc(NC(=O)c4nc5c(n4C)CCN(C)C5)c3Cl)c2C)cc1OC. The zero-order valence-electron chi connectivity index (χ0n) is 24.1. The first-order chi connectivity index (χ1) is 20.2. The van der Waals surface area contributed by atoms with Crippen molar-refractivity contribution in [2.75, 3.05) is 31.3 Å². The Balaban J connectivity index is 1.39. The van der Waals surface area contributed by atoms with E-state index in [9.17, 15) is 9.59 Å². The Bertz CT molecular complexity index is 1700. The van der Waals surface area contributed by atoms with Gasteiger partial charge in [0.25, 0.3) is 11.8 Å². The summed E-state index contributed by atoms with van der Waals surface area (Å²) in [6.07, 6.45) is 4.80. The highest BCUT2D eigenvalue weighted by Crippen LogP contribution is 2.37. The number of nitrogens with zero attached hydrogens (tertiary/aromatic N) is 4. The molecule has 9 nitrogen and oxygen atoms in total. The molecule has 0 aliphatic carbocycles. The minimum absolute atomic E-state index is 0.231. The normalized spacial score (nSPS) is 12.9. The lowest BCUT2D eigenvalue weighted by Gasteiger charge is -2.21. The second-order valence-corrected chi connectivity index (χ2v) is 10.7. The standard InChI is InChI=1S/C32H33ClN6O3/c1-6-9-20-17-34-25(16-28(20)42-5)31(40)36-23-12-7-10-21(19(23)2)22-11-8-13-24(29(22)33)37-32(41)30-35-26-18-38(3)15-14-27(26)39(30)4/h6-8,10-13,16-17H,1,9,14-15,18H2,2-5H3,(H,36,40)(H,37,41). The summed E-state index contributed by atoms with van der Waals surface area (Å²) in [6, 6.07) is 12.7. The maximum atomic E-state index is 13.3. The van der Waals surface area contributed by atoms with Crippen LogP contribution in [0.2, 0.25) is 5.02 Å². The molecule has 0 saturated heterocycles. The minimum Gasteiger partial charge on any atom is -0.496 e. The Morgan fingerprint density at radius 1 is 1.10 bits per heavy atom. The van der Waals surface area contributed by atoms with Crippen molar-refractivity contribution in [3.05, 3.63) is 100 Å². The number of rotatable bonds is 8. The summed E-state index contributed by atoms with van der Waals surface area (Å²) in [7, 11) is 5.47. The van der Waals surface area contributed by atoms with E-state index in [1.807, 2.05) is 55.9 Å². The number of halogens is 1. The van der Waals surface area contributed by atoms with Gasteiger partial charge in [-0.15, -0.1) is 6.58 Å². The van der Waals surface area contributed by atoms with Gasteiger partial charge in [-0.25, -0.2) is 4.98 Å². The topological polar surface area (TPSA) is 101 Å². The number of likely N-dealkylation sites (N-methyl/N-ethyl adjacent to an activating group) is 1. The molecular formula is C32H33ClN6O3. The molecule has 3 heterocycles. The van der Waals surface area contributed by atoms with E-state index >= 15 is 0 Å². The van der Waals surface area contributed by atoms with Crippen molar-refractivity contribution in [1.82, 2.24) is 19.4 Å². The summed E-state index contributed by atoms with van der Waals surface area (Å²) >= 11 is 6.87. The van der Waals surface area contributed by atoms with Crippen LogP contribution < -0.4 is 15.4 Å². The van der Waals surface area contributed by atoms with Crippen molar-refractivity contribution in [2.45, 2.75) is 26.3 Å². The number of methoxy groups -OCH3 is 1. The van der Waals surface area contributed by atoms with E-state index in [0.717, 1.165) is 46.6 Å². The molecule has 2 N–H and O–H groups in total. The molecule has 1 aliphatic rings. The molecule has 1 aliphatic heterocycles. The largest absolute Gasteiger partial charge is 0.496 e. The molecule has 10 heteroatoms. The number of hydrogen-bond acceptors (Lipinski definition) is 6. The number of anilines is 2. The molecule has 216 valence electrons. The van der Waals surface area contributed by atoms with Crippen molar-refractivity contribution in [3.63, 3.8) is 0 Å². The van der Waals surface area contributed by atoms with Crippen LogP contribution >= 0.6 is 11.6 Å². The molecule has 2 amide bonds. The van der Waals surface area contributed by atoms with Crippen LogP contribution in [0.3, 0.4) is 0 Å². The molecule has 0 saturated carbocycles. The number of imidazole rings is 1. The molecular weight excluding hydrogens is 552 g/mol. The van der Waals surface area contributed by atoms with E-state index < -0.39 is 0 Å². The fraction of sp³-hybridized carbons (Fsp3) is 0.250. The fourth-order valence-electron chi connectivity index (χ4n) is 5.21. The lowest BCUT2D eigenvalue weighted by atomic mass is 9.98. The van der Waals surface area contributed by atoms with Crippen LogP contribution in [0.4, 0.5) is 11.4 Å². The summed E-state index contributed by atoms with van der Waals surface area (Å²) in [4.78, 5) is 37.5. The maximum Gasteiger partial charge on any atom is 0.291 e. The van der Waals surface area contributed by atoms with E-state index in [0.29, 0.717) is 40.9 Å². The first-order valence-corrected chi connectivity index (χ1v) is 14.0. The smallest absolute Gasteiger partial charge is 0.291 e. The zero-order valence-corrected chi connectivity index (χ0v) is 24.9. The highest BCUT2D eigenvalue weighted by Gasteiger charge is 2.25. The lowest BCUT2D eigenvalue weighted by molar-refractivity contribution is 0.100. The third-order valence-electron chi connectivity index (χ3n) is 7.53. The average Bonchev–Trinajstić information content (AvgIpc) is 3.31. The van der Waals surface area contributed by atoms with Crippen LogP contribution in [0.25, 0.3) is 11.1 Å². The summed E-state index contributed by atoms with van der Waals surface area (Å²) in [5, 5.41) is 6.29. The van der Waals surface area contributed by atoms with E-state index in [2.05, 4.69) is 32.1 Å². The van der Waals surface area contributed by atoms with Gasteiger partial charge in [-0.05, 0) is 43.7 Å². The molecule has 0 spiro atoms. The van der Waals surface area contributed by atoms with Crippen LogP contribution in [0.5, 0.6) is 5.75 Å². The predicted molar refractivity (Wildman–Crippen MR) is 165 cm³/mol. The number of fused-ring (bicyclic) bond motifs is 1. The number of ether oxygens (including phenoxy) is 1. The minimum atomic E-state index is -0.366. The number of carbonyl (C=O) groups is 2. The number of aromatic nitrogens is 3. The van der Waals surface area contributed by atoms with Crippen LogP contribution in [0, 0.1) is 6.92 Å². The highest BCUT2D eigenvalue weighted by molar-refractivity contribution is 6.36. The summed E-state index contributed by atoms with van der Waals surface area (Å²) in [5.74, 6) is 0.229. The number of benzene rings is 2. The highest BCUT2D eigenvalue weighted by atomic mass is 35.5. The Morgan fingerprint density at radius 3 is 2.55 bits per heavy atom. The fourth-order valence-corrected chi connectivity index (χ4v) is 5.49. The van der Waals surface area contributed by atoms with Crippen LogP contribution in [0.1, 0.15) is 43.6 Å². The van der Waals surface area contributed by atoms with E-state index in [1.54, 1.807) is 31.5 Å². The second-order valence-electron chi connectivity index (χ2n) is 10.3. The Morgan fingerprint density at radius 2 is 1.81 bits per heavy atom. The van der Waals surface area contributed by atoms with Gasteiger partial charge in [0, 0.05) is 61.3 Å². The first kappa shape index (κ1) is 29.0. The van der Waals surface area contributed by atoms with E-state index in [1.165, 1.54) is 0 Å². The molecule has 2 aromatic carbocycles. The summed E-state index contributed by atoms with van der Waals surface area (Å²) < 4.78 is 7.30. The molecule has 2 aromatic heterocycles. The Labute approximate surface area is 250 Å².